The van der Waals surface area contributed by atoms with Crippen molar-refractivity contribution in [2.24, 2.45) is 5.14 Å². The quantitative estimate of drug-likeness (QED) is 0.442. The number of primary sulfonamides is 1. The van der Waals surface area contributed by atoms with E-state index in [1.807, 2.05) is 5.32 Å². The van der Waals surface area contributed by atoms with Crippen LogP contribution < -0.4 is 15.8 Å². The molecule has 162 valence electrons. The summed E-state index contributed by atoms with van der Waals surface area (Å²) in [6, 6.07) is 10.8. The molecule has 0 radical (unpaired) electrons. The smallest absolute Gasteiger partial charge is 0.441 e. The molecule has 2 aromatic rings. The van der Waals surface area contributed by atoms with Crippen LogP contribution in [0, 0.1) is 0 Å². The Bertz CT molecular complexity index is 1010. The van der Waals surface area contributed by atoms with Gasteiger partial charge in [-0.05, 0) is 43.3 Å². The second kappa shape index (κ2) is 8.71. The number of benzene rings is 2. The number of esters is 1. The molecule has 0 aliphatic rings. The third-order valence-electron chi connectivity index (χ3n) is 3.86. The van der Waals surface area contributed by atoms with Gasteiger partial charge in [0.1, 0.15) is 0 Å². The number of amides is 1. The van der Waals surface area contributed by atoms with Crippen molar-refractivity contribution in [1.82, 2.24) is 5.32 Å². The molecule has 1 amide bonds. The highest BCUT2D eigenvalue weighted by Gasteiger charge is 2.63. The topological polar surface area (TPSA) is 128 Å². The van der Waals surface area contributed by atoms with Crippen molar-refractivity contribution in [1.29, 1.82) is 0 Å². The van der Waals surface area contributed by atoms with Gasteiger partial charge in [0.25, 0.3) is 5.91 Å². The number of hydrogen-bond donors (Lipinski definition) is 3. The fourth-order valence-electron chi connectivity index (χ4n) is 2.41. The lowest BCUT2D eigenvalue weighted by atomic mass is 10.1. The van der Waals surface area contributed by atoms with Crippen LogP contribution in [0.15, 0.2) is 59.5 Å². The van der Waals surface area contributed by atoms with E-state index in [-0.39, 0.29) is 22.8 Å². The average molecular weight is 445 g/mol. The second-order valence-electron chi connectivity index (χ2n) is 5.98. The van der Waals surface area contributed by atoms with Crippen LogP contribution >= 0.6 is 0 Å². The van der Waals surface area contributed by atoms with Crippen LogP contribution in [-0.4, -0.2) is 38.7 Å². The molecule has 8 nitrogen and oxygen atoms in total. The number of ether oxygens (including phenoxy) is 1. The number of nitrogens with two attached hydrogens (primary N) is 1. The van der Waals surface area contributed by atoms with Crippen LogP contribution in [0.2, 0.25) is 0 Å². The van der Waals surface area contributed by atoms with Gasteiger partial charge in [-0.2, -0.15) is 13.2 Å². The van der Waals surface area contributed by atoms with E-state index >= 15 is 0 Å². The van der Waals surface area contributed by atoms with Crippen molar-refractivity contribution >= 4 is 27.6 Å². The molecular weight excluding hydrogens is 427 g/mol. The van der Waals surface area contributed by atoms with Crippen molar-refractivity contribution in [2.75, 3.05) is 11.9 Å². The Kier molecular flexibility index (Phi) is 6.73. The Hall–Kier alpha value is -3.12. The van der Waals surface area contributed by atoms with Gasteiger partial charge >= 0.3 is 17.8 Å². The molecule has 0 heterocycles. The third kappa shape index (κ3) is 5.07. The maximum atomic E-state index is 14.1. The molecule has 0 spiro atoms. The molecule has 0 fully saturated rings. The first kappa shape index (κ1) is 23.2. The number of rotatable bonds is 7. The minimum Gasteiger partial charge on any atom is -0.463 e. The Labute approximate surface area is 170 Å². The molecule has 0 aliphatic carbocycles. The SMILES string of the molecule is CCOC(=O)C(NC(=O)c1ccccc1)(Nc1ccc(S(N)(=O)=O)cc1)C(F)(F)F. The minimum absolute atomic E-state index is 0.123. The van der Waals surface area contributed by atoms with Crippen LogP contribution in [0.5, 0.6) is 0 Å². The van der Waals surface area contributed by atoms with Gasteiger partial charge < -0.3 is 15.4 Å². The number of hydrogen-bond acceptors (Lipinski definition) is 6. The van der Waals surface area contributed by atoms with Gasteiger partial charge in [-0.25, -0.2) is 18.4 Å². The van der Waals surface area contributed by atoms with Crippen LogP contribution in [0.4, 0.5) is 18.9 Å². The molecular formula is C18H18F3N3O5S. The molecule has 4 N–H and O–H groups in total. The van der Waals surface area contributed by atoms with Gasteiger partial charge in [0.2, 0.25) is 10.0 Å². The molecule has 0 bridgehead atoms. The van der Waals surface area contributed by atoms with E-state index in [1.165, 1.54) is 31.2 Å². The largest absolute Gasteiger partial charge is 0.463 e. The lowest BCUT2D eigenvalue weighted by Crippen LogP contribution is -2.69. The van der Waals surface area contributed by atoms with Crippen molar-refractivity contribution in [3.63, 3.8) is 0 Å². The van der Waals surface area contributed by atoms with Gasteiger partial charge in [0.05, 0.1) is 11.5 Å². The first-order valence-electron chi connectivity index (χ1n) is 8.43. The highest BCUT2D eigenvalue weighted by Crippen LogP contribution is 2.33. The summed E-state index contributed by atoms with van der Waals surface area (Å²) in [5.74, 6) is -2.98. The first-order valence-corrected chi connectivity index (χ1v) is 9.98. The van der Waals surface area contributed by atoms with Gasteiger partial charge in [0, 0.05) is 11.3 Å². The van der Waals surface area contributed by atoms with E-state index in [9.17, 15) is 31.2 Å². The van der Waals surface area contributed by atoms with E-state index in [4.69, 9.17) is 5.14 Å². The zero-order valence-electron chi connectivity index (χ0n) is 15.6. The van der Waals surface area contributed by atoms with Gasteiger partial charge in [-0.15, -0.1) is 0 Å². The standard InChI is InChI=1S/C18H18F3N3O5S/c1-2-29-16(26)17(18(19,20)21,24-15(25)12-6-4-3-5-7-12)23-13-8-10-14(11-9-13)30(22,27)28/h3-11,23H,2H2,1H3,(H,24,25)(H2,22,27,28). The van der Waals surface area contributed by atoms with E-state index in [1.54, 1.807) is 11.4 Å². The fraction of sp³-hybridized carbons (Fsp3) is 0.222. The molecule has 2 rings (SSSR count). The lowest BCUT2D eigenvalue weighted by molar-refractivity contribution is -0.204. The molecule has 0 saturated heterocycles. The number of sulfonamides is 1. The Morgan fingerprint density at radius 3 is 2.07 bits per heavy atom. The average Bonchev–Trinajstić information content (AvgIpc) is 2.67. The Morgan fingerprint density at radius 2 is 1.60 bits per heavy atom. The van der Waals surface area contributed by atoms with Gasteiger partial charge in [-0.1, -0.05) is 18.2 Å². The molecule has 1 unspecified atom stereocenters. The summed E-state index contributed by atoms with van der Waals surface area (Å²) in [5.41, 5.74) is -4.08. The summed E-state index contributed by atoms with van der Waals surface area (Å²) < 4.78 is 69.5. The summed E-state index contributed by atoms with van der Waals surface area (Å²) in [7, 11) is -4.08. The Morgan fingerprint density at radius 1 is 1.03 bits per heavy atom. The molecule has 12 heteroatoms. The fourth-order valence-corrected chi connectivity index (χ4v) is 2.92. The number of anilines is 1. The van der Waals surface area contributed by atoms with Gasteiger partial charge in [-0.3, -0.25) is 4.79 Å². The number of carbonyl (C=O) groups excluding carboxylic acids is 2. The molecule has 30 heavy (non-hydrogen) atoms. The maximum Gasteiger partial charge on any atom is 0.441 e. The number of alkyl halides is 3. The summed E-state index contributed by atoms with van der Waals surface area (Å²) >= 11 is 0. The molecule has 0 saturated carbocycles. The summed E-state index contributed by atoms with van der Waals surface area (Å²) in [6.45, 7) is 0.920. The molecule has 0 aliphatic heterocycles. The zero-order chi connectivity index (χ0) is 22.6. The predicted molar refractivity (Wildman–Crippen MR) is 101 cm³/mol. The number of carbonyl (C=O) groups is 2. The van der Waals surface area contributed by atoms with Gasteiger partial charge in [0.15, 0.2) is 0 Å². The molecule has 0 aromatic heterocycles. The van der Waals surface area contributed by atoms with E-state index < -0.39 is 33.7 Å². The lowest BCUT2D eigenvalue weighted by Gasteiger charge is -2.35. The summed E-state index contributed by atoms with van der Waals surface area (Å²) in [4.78, 5) is 24.5. The van der Waals surface area contributed by atoms with Crippen molar-refractivity contribution in [2.45, 2.75) is 23.7 Å². The second-order valence-corrected chi connectivity index (χ2v) is 7.54. The first-order chi connectivity index (χ1) is 13.9. The highest BCUT2D eigenvalue weighted by molar-refractivity contribution is 7.89. The van der Waals surface area contributed by atoms with E-state index in [0.29, 0.717) is 0 Å². The molecule has 1 atom stereocenters. The minimum atomic E-state index is -5.33. The van der Waals surface area contributed by atoms with Crippen LogP contribution in [0.25, 0.3) is 0 Å². The van der Waals surface area contributed by atoms with Crippen molar-refractivity contribution < 1.29 is 35.9 Å². The van der Waals surface area contributed by atoms with Crippen LogP contribution in [0.1, 0.15) is 17.3 Å². The van der Waals surface area contributed by atoms with Crippen molar-refractivity contribution in [3.05, 3.63) is 60.2 Å². The summed E-state index contributed by atoms with van der Waals surface area (Å²) in [6.07, 6.45) is -5.33. The van der Waals surface area contributed by atoms with Crippen LogP contribution in [-0.2, 0) is 19.6 Å². The monoisotopic (exact) mass is 445 g/mol. The van der Waals surface area contributed by atoms with E-state index in [2.05, 4.69) is 4.74 Å². The third-order valence-corrected chi connectivity index (χ3v) is 4.79. The highest BCUT2D eigenvalue weighted by atomic mass is 32.2. The summed E-state index contributed by atoms with van der Waals surface area (Å²) in [5, 5.41) is 8.56. The maximum absolute atomic E-state index is 14.1. The van der Waals surface area contributed by atoms with Crippen molar-refractivity contribution in [3.8, 4) is 0 Å². The zero-order valence-corrected chi connectivity index (χ0v) is 16.4. The van der Waals surface area contributed by atoms with Crippen LogP contribution in [0.3, 0.4) is 0 Å². The number of nitrogens with one attached hydrogen (secondary N) is 2. The molecule has 2 aromatic carbocycles. The predicted octanol–water partition coefficient (Wildman–Crippen LogP) is 2.00. The Balaban J connectivity index is 2.51. The normalized spacial score (nSPS) is 13.8. The van der Waals surface area contributed by atoms with E-state index in [0.717, 1.165) is 24.3 Å². The number of halogens is 3.